The Balaban J connectivity index is 1.47. The highest BCUT2D eigenvalue weighted by molar-refractivity contribution is 5.81. The minimum absolute atomic E-state index is 0.283. The van der Waals surface area contributed by atoms with Gasteiger partial charge >= 0.3 is 0 Å². The Morgan fingerprint density at radius 2 is 2.04 bits per heavy atom. The number of hydrogen-bond acceptors (Lipinski definition) is 4. The number of benzene rings is 1. The van der Waals surface area contributed by atoms with Crippen LogP contribution in [-0.4, -0.2) is 46.4 Å². The van der Waals surface area contributed by atoms with E-state index in [1.165, 1.54) is 10.9 Å². The molecular weight excluding hydrogens is 288 g/mol. The van der Waals surface area contributed by atoms with Crippen LogP contribution in [0.4, 0.5) is 0 Å². The van der Waals surface area contributed by atoms with Gasteiger partial charge in [0.1, 0.15) is 0 Å². The summed E-state index contributed by atoms with van der Waals surface area (Å²) in [5, 5.41) is 11.6. The molecule has 0 bridgehead atoms. The Labute approximate surface area is 137 Å². The van der Waals surface area contributed by atoms with Crippen LogP contribution in [-0.2, 0) is 11.3 Å². The van der Waals surface area contributed by atoms with E-state index in [1.807, 2.05) is 12.3 Å². The van der Waals surface area contributed by atoms with Crippen molar-refractivity contribution in [1.29, 1.82) is 0 Å². The first-order valence-corrected chi connectivity index (χ1v) is 8.64. The van der Waals surface area contributed by atoms with Gasteiger partial charge < -0.3 is 9.84 Å². The number of likely N-dealkylation sites (tertiary alicyclic amines) is 1. The topological polar surface area (TPSA) is 45.6 Å². The number of piperidine rings is 1. The van der Waals surface area contributed by atoms with Crippen LogP contribution in [0.25, 0.3) is 10.9 Å². The molecule has 0 aliphatic carbocycles. The fraction of sp³-hybridized carbons (Fsp3) is 0.526. The summed E-state index contributed by atoms with van der Waals surface area (Å²) in [6, 6.07) is 10.4. The second kappa shape index (κ2) is 6.19. The van der Waals surface area contributed by atoms with Crippen LogP contribution in [0, 0.1) is 0 Å². The maximum atomic E-state index is 10.4. The molecule has 4 rings (SSSR count). The molecule has 1 atom stereocenters. The Bertz CT molecular complexity index is 675. The number of aromatic nitrogens is 1. The van der Waals surface area contributed by atoms with Gasteiger partial charge in [0, 0.05) is 37.8 Å². The molecule has 1 N–H and O–H groups in total. The van der Waals surface area contributed by atoms with Gasteiger partial charge in [-0.1, -0.05) is 18.2 Å². The number of para-hydroxylation sites is 1. The van der Waals surface area contributed by atoms with E-state index in [0.717, 1.165) is 57.4 Å². The fourth-order valence-corrected chi connectivity index (χ4v) is 4.01. The third kappa shape index (κ3) is 2.87. The highest BCUT2D eigenvalue weighted by atomic mass is 16.5. The quantitative estimate of drug-likeness (QED) is 0.926. The van der Waals surface area contributed by atoms with Gasteiger partial charge in [-0.3, -0.25) is 9.88 Å². The molecule has 1 aromatic heterocycles. The van der Waals surface area contributed by atoms with Crippen molar-refractivity contribution < 1.29 is 9.84 Å². The van der Waals surface area contributed by atoms with Crippen molar-refractivity contribution in [2.75, 3.05) is 19.7 Å². The fourth-order valence-electron chi connectivity index (χ4n) is 4.01. The van der Waals surface area contributed by atoms with E-state index in [9.17, 15) is 5.11 Å². The Morgan fingerprint density at radius 1 is 1.22 bits per heavy atom. The second-order valence-corrected chi connectivity index (χ2v) is 6.83. The average molecular weight is 312 g/mol. The van der Waals surface area contributed by atoms with Gasteiger partial charge in [-0.25, -0.2) is 0 Å². The number of aliphatic hydroxyl groups excluding tert-OH is 1. The first-order valence-electron chi connectivity index (χ1n) is 8.64. The summed E-state index contributed by atoms with van der Waals surface area (Å²) in [4.78, 5) is 6.91. The van der Waals surface area contributed by atoms with Gasteiger partial charge in [0.25, 0.3) is 0 Å². The number of ether oxygens (including phenoxy) is 1. The lowest BCUT2D eigenvalue weighted by atomic mass is 9.82. The van der Waals surface area contributed by atoms with Crippen molar-refractivity contribution in [3.05, 3.63) is 42.1 Å². The van der Waals surface area contributed by atoms with E-state index >= 15 is 0 Å². The molecule has 2 aliphatic rings. The van der Waals surface area contributed by atoms with E-state index < -0.39 is 0 Å². The first-order chi connectivity index (χ1) is 11.3. The summed E-state index contributed by atoms with van der Waals surface area (Å²) >= 11 is 0. The molecule has 1 aromatic carbocycles. The summed E-state index contributed by atoms with van der Waals surface area (Å²) in [6.07, 6.45) is 5.33. The lowest BCUT2D eigenvalue weighted by Crippen LogP contribution is -2.55. The normalized spacial score (nSPS) is 25.0. The minimum Gasteiger partial charge on any atom is -0.390 e. The highest BCUT2D eigenvalue weighted by Gasteiger charge is 2.43. The number of aliphatic hydroxyl groups is 1. The molecule has 4 nitrogen and oxygen atoms in total. The van der Waals surface area contributed by atoms with Crippen molar-refractivity contribution >= 4 is 10.9 Å². The van der Waals surface area contributed by atoms with E-state index in [4.69, 9.17) is 4.74 Å². The zero-order valence-corrected chi connectivity index (χ0v) is 13.4. The number of fused-ring (bicyclic) bond motifs is 1. The molecule has 0 radical (unpaired) electrons. The van der Waals surface area contributed by atoms with Gasteiger partial charge in [-0.15, -0.1) is 0 Å². The summed E-state index contributed by atoms with van der Waals surface area (Å²) in [7, 11) is 0. The molecule has 4 heteroatoms. The van der Waals surface area contributed by atoms with E-state index in [2.05, 4.69) is 34.1 Å². The van der Waals surface area contributed by atoms with E-state index in [0.29, 0.717) is 0 Å². The molecule has 3 heterocycles. The zero-order chi connectivity index (χ0) is 15.7. The molecular formula is C19H24N2O2. The van der Waals surface area contributed by atoms with Crippen LogP contribution in [0.1, 0.15) is 31.2 Å². The molecule has 2 aliphatic heterocycles. The third-order valence-electron chi connectivity index (χ3n) is 5.45. The van der Waals surface area contributed by atoms with Crippen molar-refractivity contribution in [2.24, 2.45) is 0 Å². The minimum atomic E-state index is -0.292. The lowest BCUT2D eigenvalue weighted by molar-refractivity contribution is -0.177. The predicted molar refractivity (Wildman–Crippen MR) is 90.2 cm³/mol. The third-order valence-corrected chi connectivity index (χ3v) is 5.45. The van der Waals surface area contributed by atoms with Crippen LogP contribution < -0.4 is 0 Å². The maximum Gasteiger partial charge on any atom is 0.0964 e. The van der Waals surface area contributed by atoms with Crippen LogP contribution in [0.3, 0.4) is 0 Å². The second-order valence-electron chi connectivity index (χ2n) is 6.83. The highest BCUT2D eigenvalue weighted by Crippen LogP contribution is 2.35. The smallest absolute Gasteiger partial charge is 0.0964 e. The summed E-state index contributed by atoms with van der Waals surface area (Å²) in [5.74, 6) is 0. The van der Waals surface area contributed by atoms with Crippen molar-refractivity contribution in [3.8, 4) is 0 Å². The number of hydrogen-bond donors (Lipinski definition) is 1. The monoisotopic (exact) mass is 312 g/mol. The summed E-state index contributed by atoms with van der Waals surface area (Å²) in [5.41, 5.74) is 2.11. The SMILES string of the molecule is OC1CCCOC12CCN(Cc1ccnc3ccccc13)CC2. The van der Waals surface area contributed by atoms with Crippen molar-refractivity contribution in [3.63, 3.8) is 0 Å². The Kier molecular flexibility index (Phi) is 4.05. The molecule has 23 heavy (non-hydrogen) atoms. The van der Waals surface area contributed by atoms with Gasteiger partial charge in [-0.2, -0.15) is 0 Å². The van der Waals surface area contributed by atoms with Crippen molar-refractivity contribution in [2.45, 2.75) is 43.9 Å². The number of rotatable bonds is 2. The average Bonchev–Trinajstić information content (AvgIpc) is 2.60. The van der Waals surface area contributed by atoms with Gasteiger partial charge in [0.05, 0.1) is 17.2 Å². The molecule has 1 unspecified atom stereocenters. The van der Waals surface area contributed by atoms with Crippen LogP contribution >= 0.6 is 0 Å². The lowest BCUT2D eigenvalue weighted by Gasteiger charge is -2.46. The molecule has 0 amide bonds. The largest absolute Gasteiger partial charge is 0.390 e. The molecule has 122 valence electrons. The molecule has 2 fully saturated rings. The van der Waals surface area contributed by atoms with Crippen LogP contribution in [0.2, 0.25) is 0 Å². The van der Waals surface area contributed by atoms with E-state index in [-0.39, 0.29) is 11.7 Å². The first kappa shape index (κ1) is 15.1. The molecule has 2 saturated heterocycles. The number of pyridine rings is 1. The summed E-state index contributed by atoms with van der Waals surface area (Å²) in [6.45, 7) is 3.70. The van der Waals surface area contributed by atoms with Crippen molar-refractivity contribution in [1.82, 2.24) is 9.88 Å². The molecule has 1 spiro atoms. The Morgan fingerprint density at radius 3 is 2.87 bits per heavy atom. The summed E-state index contributed by atoms with van der Waals surface area (Å²) < 4.78 is 6.00. The maximum absolute atomic E-state index is 10.4. The Hall–Kier alpha value is -1.49. The zero-order valence-electron chi connectivity index (χ0n) is 13.4. The van der Waals surface area contributed by atoms with Gasteiger partial charge in [0.2, 0.25) is 0 Å². The molecule has 2 aromatic rings. The van der Waals surface area contributed by atoms with Crippen LogP contribution in [0.5, 0.6) is 0 Å². The van der Waals surface area contributed by atoms with E-state index in [1.54, 1.807) is 0 Å². The molecule has 0 saturated carbocycles. The van der Waals surface area contributed by atoms with Crippen LogP contribution in [0.15, 0.2) is 36.5 Å². The number of nitrogens with zero attached hydrogens (tertiary/aromatic N) is 2. The predicted octanol–water partition coefficient (Wildman–Crippen LogP) is 2.74. The van der Waals surface area contributed by atoms with Gasteiger partial charge in [-0.05, 0) is 43.4 Å². The standard InChI is InChI=1S/C19H24N2O2/c22-18-6-3-13-23-19(18)8-11-21(12-9-19)14-15-7-10-20-17-5-2-1-4-16(15)17/h1-2,4-5,7,10,18,22H,3,6,8-9,11-14H2. The van der Waals surface area contributed by atoms with Gasteiger partial charge in [0.15, 0.2) is 0 Å².